The van der Waals surface area contributed by atoms with E-state index in [0.717, 1.165) is 5.56 Å². The summed E-state index contributed by atoms with van der Waals surface area (Å²) in [4.78, 5) is 0. The molecule has 1 rings (SSSR count). The summed E-state index contributed by atoms with van der Waals surface area (Å²) in [6.07, 6.45) is 0. The van der Waals surface area contributed by atoms with Crippen molar-refractivity contribution in [2.45, 2.75) is 6.92 Å². The van der Waals surface area contributed by atoms with Gasteiger partial charge in [-0.25, -0.2) is 0 Å². The van der Waals surface area contributed by atoms with Gasteiger partial charge in [0, 0.05) is 0 Å². The average molecular weight is 103 g/mol. The molecular weight excluding hydrogens is 96.1 g/mol. The van der Waals surface area contributed by atoms with Crippen molar-refractivity contribution < 1.29 is 0 Å². The monoisotopic (exact) mass is 103 g/mol. The molecule has 8 heavy (non-hydrogen) atoms. The molecule has 0 aliphatic rings. The molecule has 1 aromatic rings. The Bertz CT molecular complexity index is 194. The van der Waals surface area contributed by atoms with Crippen LogP contribution in [-0.4, -0.2) is 0 Å². The first-order valence-electron chi connectivity index (χ1n) is 2.58. The maximum atomic E-state index is 2.94. The molecule has 0 aromatic heterocycles. The van der Waals surface area contributed by atoms with Gasteiger partial charge in [-0.2, -0.15) is 24.3 Å². The summed E-state index contributed by atoms with van der Waals surface area (Å²) in [7, 11) is 0. The van der Waals surface area contributed by atoms with E-state index in [9.17, 15) is 0 Å². The summed E-state index contributed by atoms with van der Waals surface area (Å²) in [5, 5.41) is 0. The van der Waals surface area contributed by atoms with Crippen molar-refractivity contribution >= 4 is 0 Å². The Labute approximate surface area is 49.5 Å². The van der Waals surface area contributed by atoms with Gasteiger partial charge >= 0.3 is 0 Å². The average Bonchev–Trinajstić information content (AvgIpc) is 2.19. The van der Waals surface area contributed by atoms with Crippen LogP contribution in [0.15, 0.2) is 24.3 Å². The molecule has 0 spiro atoms. The standard InChI is InChI=1S/C8H7/c1-2-5-8-6-3-4-7-8/h3-4,6-7H,1H3/q-1. The Balaban J connectivity index is 2.88. The quantitative estimate of drug-likeness (QED) is 0.347. The number of hydrogen-bond donors (Lipinski definition) is 0. The van der Waals surface area contributed by atoms with Gasteiger partial charge in [0.25, 0.3) is 0 Å². The van der Waals surface area contributed by atoms with Crippen LogP contribution in [0.2, 0.25) is 0 Å². The third kappa shape index (κ3) is 0.946. The highest BCUT2D eigenvalue weighted by Gasteiger charge is 1.66. The zero-order valence-corrected chi connectivity index (χ0v) is 4.81. The summed E-state index contributed by atoms with van der Waals surface area (Å²) in [6.45, 7) is 1.84. The fourth-order valence-corrected chi connectivity index (χ4v) is 0.602. The van der Waals surface area contributed by atoms with E-state index < -0.39 is 0 Å². The minimum Gasteiger partial charge on any atom is -0.199 e. The van der Waals surface area contributed by atoms with E-state index in [1.807, 2.05) is 31.2 Å². The first kappa shape index (κ1) is 5.05. The van der Waals surface area contributed by atoms with Crippen molar-refractivity contribution in [3.05, 3.63) is 29.8 Å². The summed E-state index contributed by atoms with van der Waals surface area (Å²) in [5.41, 5.74) is 1.10. The molecule has 0 bridgehead atoms. The van der Waals surface area contributed by atoms with Gasteiger partial charge in [-0.05, 0) is 6.92 Å². The highest BCUT2D eigenvalue weighted by atomic mass is 13.8. The van der Waals surface area contributed by atoms with E-state index in [1.165, 1.54) is 0 Å². The van der Waals surface area contributed by atoms with Gasteiger partial charge in [0.05, 0.1) is 0 Å². The lowest BCUT2D eigenvalue weighted by atomic mass is 10.3. The van der Waals surface area contributed by atoms with Crippen LogP contribution >= 0.6 is 0 Å². The molecular formula is C8H7-. The van der Waals surface area contributed by atoms with E-state index in [-0.39, 0.29) is 0 Å². The zero-order chi connectivity index (χ0) is 5.82. The van der Waals surface area contributed by atoms with Crippen molar-refractivity contribution in [3.63, 3.8) is 0 Å². The molecule has 0 aliphatic heterocycles. The van der Waals surface area contributed by atoms with Crippen LogP contribution in [0, 0.1) is 11.8 Å². The second-order valence-electron chi connectivity index (χ2n) is 1.55. The Morgan fingerprint density at radius 2 is 2.50 bits per heavy atom. The molecule has 0 heterocycles. The van der Waals surface area contributed by atoms with E-state index in [2.05, 4.69) is 11.8 Å². The second-order valence-corrected chi connectivity index (χ2v) is 1.55. The van der Waals surface area contributed by atoms with Gasteiger partial charge in [0.15, 0.2) is 0 Å². The lowest BCUT2D eigenvalue weighted by molar-refractivity contribution is 1.81. The highest BCUT2D eigenvalue weighted by Crippen LogP contribution is 1.95. The van der Waals surface area contributed by atoms with Crippen molar-refractivity contribution in [3.8, 4) is 11.8 Å². The maximum absolute atomic E-state index is 2.94. The van der Waals surface area contributed by atoms with Crippen molar-refractivity contribution in [2.24, 2.45) is 0 Å². The topological polar surface area (TPSA) is 0 Å². The van der Waals surface area contributed by atoms with E-state index >= 15 is 0 Å². The Kier molecular flexibility index (Phi) is 1.44. The first-order valence-corrected chi connectivity index (χ1v) is 2.58. The molecule has 40 valence electrons. The van der Waals surface area contributed by atoms with E-state index in [0.29, 0.717) is 0 Å². The number of rotatable bonds is 0. The molecule has 0 N–H and O–H groups in total. The van der Waals surface area contributed by atoms with Crippen LogP contribution < -0.4 is 0 Å². The predicted molar refractivity (Wildman–Crippen MR) is 34.6 cm³/mol. The minimum absolute atomic E-state index is 1.10. The van der Waals surface area contributed by atoms with Crippen LogP contribution in [0.3, 0.4) is 0 Å². The molecule has 0 saturated carbocycles. The molecule has 0 unspecified atom stereocenters. The third-order valence-electron chi connectivity index (χ3n) is 0.932. The lowest BCUT2D eigenvalue weighted by Gasteiger charge is -1.82. The second kappa shape index (κ2) is 2.28. The molecule has 0 heteroatoms. The Morgan fingerprint density at radius 1 is 1.62 bits per heavy atom. The molecule has 1 aromatic carbocycles. The van der Waals surface area contributed by atoms with Gasteiger partial charge in [-0.15, -0.1) is 17.4 Å². The molecule has 0 fully saturated rings. The minimum atomic E-state index is 1.10. The van der Waals surface area contributed by atoms with Gasteiger partial charge < -0.3 is 0 Å². The molecule has 0 aliphatic carbocycles. The van der Waals surface area contributed by atoms with Gasteiger partial charge in [-0.3, -0.25) is 0 Å². The van der Waals surface area contributed by atoms with Crippen LogP contribution in [0.25, 0.3) is 0 Å². The summed E-state index contributed by atoms with van der Waals surface area (Å²) in [6, 6.07) is 7.96. The number of hydrogen-bond acceptors (Lipinski definition) is 0. The largest absolute Gasteiger partial charge is 0.199 e. The van der Waals surface area contributed by atoms with Crippen LogP contribution in [0.1, 0.15) is 12.5 Å². The highest BCUT2D eigenvalue weighted by molar-refractivity contribution is 5.34. The molecule has 0 amide bonds. The Morgan fingerprint density at radius 3 is 3.00 bits per heavy atom. The van der Waals surface area contributed by atoms with Crippen LogP contribution in [-0.2, 0) is 0 Å². The van der Waals surface area contributed by atoms with E-state index in [1.54, 1.807) is 0 Å². The normalized spacial score (nSPS) is 7.62. The predicted octanol–water partition coefficient (Wildman–Crippen LogP) is 1.78. The maximum Gasteiger partial charge on any atom is -0.00347 e. The summed E-state index contributed by atoms with van der Waals surface area (Å²) < 4.78 is 0. The van der Waals surface area contributed by atoms with Crippen LogP contribution in [0.5, 0.6) is 0 Å². The molecule has 0 nitrogen and oxygen atoms in total. The fraction of sp³-hybridized carbons (Fsp3) is 0.125. The zero-order valence-electron chi connectivity index (χ0n) is 4.81. The van der Waals surface area contributed by atoms with Gasteiger partial charge in [-0.1, -0.05) is 0 Å². The Hall–Kier alpha value is -1.09. The molecule has 0 radical (unpaired) electrons. The lowest BCUT2D eigenvalue weighted by Crippen LogP contribution is -1.57. The smallest absolute Gasteiger partial charge is 0.00347 e. The summed E-state index contributed by atoms with van der Waals surface area (Å²) >= 11 is 0. The van der Waals surface area contributed by atoms with Crippen molar-refractivity contribution in [1.82, 2.24) is 0 Å². The SMILES string of the molecule is CC#Cc1cc[cH-]c1. The first-order chi connectivity index (χ1) is 3.93. The van der Waals surface area contributed by atoms with Crippen molar-refractivity contribution in [1.29, 1.82) is 0 Å². The van der Waals surface area contributed by atoms with Crippen molar-refractivity contribution in [2.75, 3.05) is 0 Å². The fourth-order valence-electron chi connectivity index (χ4n) is 0.602. The van der Waals surface area contributed by atoms with Crippen LogP contribution in [0.4, 0.5) is 0 Å². The van der Waals surface area contributed by atoms with Gasteiger partial charge in [0.2, 0.25) is 0 Å². The summed E-state index contributed by atoms with van der Waals surface area (Å²) in [5.74, 6) is 5.76. The van der Waals surface area contributed by atoms with E-state index in [4.69, 9.17) is 0 Å². The van der Waals surface area contributed by atoms with Gasteiger partial charge in [0.1, 0.15) is 0 Å². The molecule has 0 atom stereocenters. The third-order valence-corrected chi connectivity index (χ3v) is 0.932. The molecule has 0 saturated heterocycles.